The van der Waals surface area contributed by atoms with Crippen LogP contribution in [0.15, 0.2) is 12.1 Å². The topological polar surface area (TPSA) is 15.3 Å². The quantitative estimate of drug-likeness (QED) is 0.501. The molecule has 1 fully saturated rings. The van der Waals surface area contributed by atoms with Gasteiger partial charge in [-0.2, -0.15) is 0 Å². The fourth-order valence-electron chi connectivity index (χ4n) is 2.37. The van der Waals surface area contributed by atoms with Gasteiger partial charge in [0.2, 0.25) is 0 Å². The molecule has 106 valence electrons. The van der Waals surface area contributed by atoms with E-state index >= 15 is 0 Å². The molecule has 1 aliphatic rings. The Morgan fingerprint density at radius 2 is 1.85 bits per heavy atom. The molecule has 0 aliphatic carbocycles. The van der Waals surface area contributed by atoms with Crippen LogP contribution in [0.2, 0.25) is 0 Å². The Kier molecular flexibility index (Phi) is 8.04. The monoisotopic (exact) mass is 422 g/mol. The Bertz CT molecular complexity index is 465. The summed E-state index contributed by atoms with van der Waals surface area (Å²) in [5.41, 5.74) is 0.728. The molecule has 1 heterocycles. The first-order valence-corrected chi connectivity index (χ1v) is 7.38. The zero-order valence-electron chi connectivity index (χ0n) is 11.7. The van der Waals surface area contributed by atoms with Crippen molar-refractivity contribution in [3.8, 4) is 0 Å². The second-order valence-electron chi connectivity index (χ2n) is 4.88. The molecular formula is C12H16BF3IKN2. The van der Waals surface area contributed by atoms with Crippen molar-refractivity contribution in [3.05, 3.63) is 26.8 Å². The third kappa shape index (κ3) is 5.22. The summed E-state index contributed by atoms with van der Waals surface area (Å²) in [5.74, 6) is 0. The molecule has 0 amide bonds. The summed E-state index contributed by atoms with van der Waals surface area (Å²) in [6.45, 7) is 0.824. The van der Waals surface area contributed by atoms with E-state index in [2.05, 4.69) is 10.2 Å². The van der Waals surface area contributed by atoms with Crippen molar-refractivity contribution < 1.29 is 64.3 Å². The predicted molar refractivity (Wildman–Crippen MR) is 80.8 cm³/mol. The molecule has 1 saturated heterocycles. The molecule has 8 heteroatoms. The number of rotatable bonds is 3. The molecule has 1 aromatic rings. The third-order valence-corrected chi connectivity index (χ3v) is 4.10. The SMILES string of the molecule is Cc1c(CN2CCNCC2)cc(I)cc1[B-](F)(F)F.[K+]. The van der Waals surface area contributed by atoms with Crippen LogP contribution in [0, 0.1) is 10.5 Å². The van der Waals surface area contributed by atoms with Crippen LogP contribution in [0.5, 0.6) is 0 Å². The van der Waals surface area contributed by atoms with E-state index in [0.29, 0.717) is 15.7 Å². The number of benzene rings is 1. The number of nitrogens with one attached hydrogen (secondary N) is 1. The molecule has 20 heavy (non-hydrogen) atoms. The Hall–Kier alpha value is 1.36. The molecule has 1 aromatic carbocycles. The molecule has 2 rings (SSSR count). The van der Waals surface area contributed by atoms with E-state index in [0.717, 1.165) is 31.7 Å². The molecule has 0 saturated carbocycles. The van der Waals surface area contributed by atoms with E-state index in [1.807, 2.05) is 28.7 Å². The van der Waals surface area contributed by atoms with Crippen LogP contribution in [0.3, 0.4) is 0 Å². The van der Waals surface area contributed by atoms with E-state index in [-0.39, 0.29) is 51.4 Å². The molecule has 0 spiro atoms. The van der Waals surface area contributed by atoms with E-state index < -0.39 is 12.4 Å². The van der Waals surface area contributed by atoms with Gasteiger partial charge in [0.1, 0.15) is 0 Å². The Balaban J connectivity index is 0.00000200. The summed E-state index contributed by atoms with van der Waals surface area (Å²) in [6, 6.07) is 3.11. The average Bonchev–Trinajstić information content (AvgIpc) is 2.33. The van der Waals surface area contributed by atoms with Gasteiger partial charge in [-0.05, 0) is 41.1 Å². The predicted octanol–water partition coefficient (Wildman–Crippen LogP) is -0.937. The van der Waals surface area contributed by atoms with E-state index in [1.165, 1.54) is 6.07 Å². The van der Waals surface area contributed by atoms with Crippen molar-refractivity contribution in [1.29, 1.82) is 0 Å². The van der Waals surface area contributed by atoms with E-state index in [9.17, 15) is 12.9 Å². The molecule has 1 N–H and O–H groups in total. The zero-order valence-corrected chi connectivity index (χ0v) is 17.0. The van der Waals surface area contributed by atoms with Crippen LogP contribution in [0.4, 0.5) is 12.9 Å². The summed E-state index contributed by atoms with van der Waals surface area (Å²) in [7, 11) is 0. The van der Waals surface area contributed by atoms with Crippen LogP contribution >= 0.6 is 22.6 Å². The summed E-state index contributed by atoms with van der Waals surface area (Å²) in [5, 5.41) is 3.24. The number of hydrogen-bond acceptors (Lipinski definition) is 2. The van der Waals surface area contributed by atoms with E-state index in [4.69, 9.17) is 0 Å². The summed E-state index contributed by atoms with van der Waals surface area (Å²) < 4.78 is 39.7. The van der Waals surface area contributed by atoms with Crippen molar-refractivity contribution >= 4 is 35.0 Å². The fourth-order valence-corrected chi connectivity index (χ4v) is 3.08. The van der Waals surface area contributed by atoms with Crippen LogP contribution in [0.25, 0.3) is 0 Å². The Morgan fingerprint density at radius 3 is 2.40 bits per heavy atom. The van der Waals surface area contributed by atoms with Gasteiger partial charge >= 0.3 is 58.4 Å². The van der Waals surface area contributed by atoms with Gasteiger partial charge in [-0.25, -0.2) is 0 Å². The smallest absolute Gasteiger partial charge is 0.445 e. The van der Waals surface area contributed by atoms with Crippen molar-refractivity contribution in [1.82, 2.24) is 10.2 Å². The first-order valence-electron chi connectivity index (χ1n) is 6.30. The van der Waals surface area contributed by atoms with Gasteiger partial charge in [-0.1, -0.05) is 11.6 Å². The van der Waals surface area contributed by atoms with E-state index in [1.54, 1.807) is 6.92 Å². The maximum absolute atomic E-state index is 13.0. The van der Waals surface area contributed by atoms with Crippen molar-refractivity contribution in [2.45, 2.75) is 13.5 Å². The number of nitrogens with zero attached hydrogens (tertiary/aromatic N) is 1. The molecule has 0 unspecified atom stereocenters. The van der Waals surface area contributed by atoms with Gasteiger partial charge in [0.25, 0.3) is 0 Å². The molecule has 2 nitrogen and oxygen atoms in total. The van der Waals surface area contributed by atoms with Gasteiger partial charge < -0.3 is 18.3 Å². The third-order valence-electron chi connectivity index (χ3n) is 3.48. The molecule has 0 radical (unpaired) electrons. The van der Waals surface area contributed by atoms with Crippen molar-refractivity contribution in [2.75, 3.05) is 26.2 Å². The summed E-state index contributed by atoms with van der Waals surface area (Å²) >= 11 is 1.96. The van der Waals surface area contributed by atoms with Crippen LogP contribution in [0.1, 0.15) is 11.1 Å². The molecule has 0 atom stereocenters. The van der Waals surface area contributed by atoms with Crippen molar-refractivity contribution in [2.24, 2.45) is 0 Å². The average molecular weight is 422 g/mol. The van der Waals surface area contributed by atoms with Crippen LogP contribution in [-0.4, -0.2) is 38.1 Å². The fraction of sp³-hybridized carbons (Fsp3) is 0.500. The van der Waals surface area contributed by atoms with Gasteiger partial charge in [0, 0.05) is 36.3 Å². The molecule has 0 aromatic heterocycles. The summed E-state index contributed by atoms with van der Waals surface area (Å²) in [6.07, 6.45) is 0. The number of piperazine rings is 1. The number of hydrogen-bond donors (Lipinski definition) is 1. The maximum Gasteiger partial charge on any atom is 1.00 e. The first-order chi connectivity index (χ1) is 8.88. The molecule has 1 aliphatic heterocycles. The maximum atomic E-state index is 13.0. The Labute approximate surface area is 173 Å². The van der Waals surface area contributed by atoms with Gasteiger partial charge in [0.05, 0.1) is 0 Å². The minimum atomic E-state index is -4.93. The minimum Gasteiger partial charge on any atom is -0.445 e. The molecular weight excluding hydrogens is 406 g/mol. The second kappa shape index (κ2) is 8.28. The summed E-state index contributed by atoms with van der Waals surface area (Å²) in [4.78, 5) is 2.20. The van der Waals surface area contributed by atoms with Crippen LogP contribution in [-0.2, 0) is 6.54 Å². The standard InChI is InChI=1S/C12H16BF3IN2.K/c1-9-10(8-19-4-2-18-3-5-19)6-11(17)7-12(9)13(14,15)16;/h6-7,18H,2-5,8H2,1H3;/q-1;+1. The van der Waals surface area contributed by atoms with Gasteiger partial charge in [-0.3, -0.25) is 4.90 Å². The normalized spacial score (nSPS) is 16.9. The van der Waals surface area contributed by atoms with Gasteiger partial charge in [0.15, 0.2) is 0 Å². The van der Waals surface area contributed by atoms with Crippen molar-refractivity contribution in [3.63, 3.8) is 0 Å². The molecule has 0 bridgehead atoms. The van der Waals surface area contributed by atoms with Crippen LogP contribution < -0.4 is 62.2 Å². The van der Waals surface area contributed by atoms with Gasteiger partial charge in [-0.15, -0.1) is 5.46 Å². The Morgan fingerprint density at radius 1 is 1.25 bits per heavy atom. The second-order valence-corrected chi connectivity index (χ2v) is 6.13. The minimum absolute atomic E-state index is 0. The zero-order chi connectivity index (χ0) is 14.0. The first kappa shape index (κ1) is 19.4. The largest absolute Gasteiger partial charge is 1.00 e. The number of halogens is 4.